The van der Waals surface area contributed by atoms with Gasteiger partial charge >= 0.3 is 0 Å². The molecule has 0 bridgehead atoms. The van der Waals surface area contributed by atoms with Crippen molar-refractivity contribution < 1.29 is 13.9 Å². The standard InChI is InChI=1S/C11H16BrNO3/c1-8-4-6-16-10(8)11(14)13-9(3-5-12)7-15-2/h4,6,9H,3,5,7H2,1-2H3,(H,13,14). The molecule has 0 radical (unpaired) electrons. The molecule has 0 aromatic carbocycles. The van der Waals surface area contributed by atoms with Gasteiger partial charge in [-0.2, -0.15) is 0 Å². The lowest BCUT2D eigenvalue weighted by Gasteiger charge is -2.16. The molecule has 1 N–H and O–H groups in total. The summed E-state index contributed by atoms with van der Waals surface area (Å²) in [6, 6.07) is 1.77. The van der Waals surface area contributed by atoms with Crippen LogP contribution in [0.4, 0.5) is 0 Å². The minimum atomic E-state index is -0.189. The van der Waals surface area contributed by atoms with Crippen LogP contribution in [0.3, 0.4) is 0 Å². The quantitative estimate of drug-likeness (QED) is 0.816. The van der Waals surface area contributed by atoms with E-state index in [0.29, 0.717) is 12.4 Å². The summed E-state index contributed by atoms with van der Waals surface area (Å²) in [5, 5.41) is 3.69. The smallest absolute Gasteiger partial charge is 0.287 e. The van der Waals surface area contributed by atoms with Crippen molar-refractivity contribution in [1.82, 2.24) is 5.32 Å². The molecule has 1 aromatic rings. The van der Waals surface area contributed by atoms with Crippen LogP contribution < -0.4 is 5.32 Å². The highest BCUT2D eigenvalue weighted by molar-refractivity contribution is 9.09. The first kappa shape index (κ1) is 13.3. The number of methoxy groups -OCH3 is 1. The predicted molar refractivity (Wildman–Crippen MR) is 65.0 cm³/mol. The fourth-order valence-electron chi connectivity index (χ4n) is 1.39. The minimum absolute atomic E-state index is 0.00127. The van der Waals surface area contributed by atoms with Crippen LogP contribution in [0, 0.1) is 6.92 Å². The van der Waals surface area contributed by atoms with Crippen LogP contribution in [0.2, 0.25) is 0 Å². The maximum absolute atomic E-state index is 11.8. The van der Waals surface area contributed by atoms with E-state index in [2.05, 4.69) is 21.2 Å². The van der Waals surface area contributed by atoms with E-state index < -0.39 is 0 Å². The summed E-state index contributed by atoms with van der Waals surface area (Å²) in [5.74, 6) is 0.182. The maximum atomic E-state index is 11.8. The average Bonchev–Trinajstić information content (AvgIpc) is 2.65. The van der Waals surface area contributed by atoms with E-state index in [-0.39, 0.29) is 11.9 Å². The zero-order valence-corrected chi connectivity index (χ0v) is 11.0. The molecule has 4 nitrogen and oxygen atoms in total. The molecule has 90 valence electrons. The second-order valence-corrected chi connectivity index (χ2v) is 4.33. The van der Waals surface area contributed by atoms with Gasteiger partial charge in [0.2, 0.25) is 0 Å². The van der Waals surface area contributed by atoms with Crippen LogP contribution in [0.5, 0.6) is 0 Å². The van der Waals surface area contributed by atoms with Crippen molar-refractivity contribution in [2.75, 3.05) is 19.0 Å². The van der Waals surface area contributed by atoms with Gasteiger partial charge in [0.25, 0.3) is 5.91 Å². The van der Waals surface area contributed by atoms with Gasteiger partial charge in [-0.3, -0.25) is 4.79 Å². The van der Waals surface area contributed by atoms with Gasteiger partial charge in [0, 0.05) is 18.0 Å². The normalized spacial score (nSPS) is 12.4. The van der Waals surface area contributed by atoms with Crippen molar-refractivity contribution >= 4 is 21.8 Å². The third kappa shape index (κ3) is 3.64. The van der Waals surface area contributed by atoms with E-state index in [9.17, 15) is 4.79 Å². The Balaban J connectivity index is 2.58. The minimum Gasteiger partial charge on any atom is -0.459 e. The molecule has 0 saturated carbocycles. The van der Waals surface area contributed by atoms with Crippen LogP contribution >= 0.6 is 15.9 Å². The molecule has 1 heterocycles. The molecule has 0 saturated heterocycles. The van der Waals surface area contributed by atoms with Gasteiger partial charge in [-0.1, -0.05) is 15.9 Å². The third-order valence-electron chi connectivity index (χ3n) is 2.23. The van der Waals surface area contributed by atoms with Gasteiger partial charge < -0.3 is 14.5 Å². The van der Waals surface area contributed by atoms with E-state index in [1.807, 2.05) is 6.92 Å². The van der Waals surface area contributed by atoms with Gasteiger partial charge in [0.15, 0.2) is 5.76 Å². The first-order valence-corrected chi connectivity index (χ1v) is 6.21. The Morgan fingerprint density at radius 3 is 2.94 bits per heavy atom. The maximum Gasteiger partial charge on any atom is 0.287 e. The molecule has 16 heavy (non-hydrogen) atoms. The molecule has 1 atom stereocenters. The molecule has 0 aliphatic rings. The number of rotatable bonds is 6. The number of aryl methyl sites for hydroxylation is 1. The molecule has 5 heteroatoms. The van der Waals surface area contributed by atoms with Gasteiger partial charge in [-0.05, 0) is 19.4 Å². The summed E-state index contributed by atoms with van der Waals surface area (Å²) in [5.41, 5.74) is 0.840. The van der Waals surface area contributed by atoms with E-state index >= 15 is 0 Å². The zero-order valence-electron chi connectivity index (χ0n) is 9.46. The molecule has 1 amide bonds. The summed E-state index contributed by atoms with van der Waals surface area (Å²) in [6.07, 6.45) is 2.33. The largest absolute Gasteiger partial charge is 0.459 e. The molecule has 0 fully saturated rings. The van der Waals surface area contributed by atoms with Gasteiger partial charge in [0.05, 0.1) is 18.9 Å². The number of hydrogen-bond donors (Lipinski definition) is 1. The van der Waals surface area contributed by atoms with Crippen LogP contribution in [-0.2, 0) is 4.74 Å². The number of amides is 1. The van der Waals surface area contributed by atoms with Crippen LogP contribution in [0.1, 0.15) is 22.5 Å². The Labute approximate surface area is 103 Å². The summed E-state index contributed by atoms with van der Waals surface area (Å²) in [4.78, 5) is 11.8. The fourth-order valence-corrected chi connectivity index (χ4v) is 1.94. The lowest BCUT2D eigenvalue weighted by molar-refractivity contribution is 0.0867. The van der Waals surface area contributed by atoms with Crippen LogP contribution in [-0.4, -0.2) is 31.0 Å². The number of carbonyl (C=O) groups is 1. The number of halogens is 1. The lowest BCUT2D eigenvalue weighted by atomic mass is 10.2. The van der Waals surface area contributed by atoms with Gasteiger partial charge in [0.1, 0.15) is 0 Å². The molecular weight excluding hydrogens is 274 g/mol. The lowest BCUT2D eigenvalue weighted by Crippen LogP contribution is -2.38. The second kappa shape index (κ2) is 6.70. The molecule has 1 rings (SSSR count). The highest BCUT2D eigenvalue weighted by atomic mass is 79.9. The molecule has 1 aromatic heterocycles. The van der Waals surface area contributed by atoms with Crippen LogP contribution in [0.15, 0.2) is 16.7 Å². The SMILES string of the molecule is COCC(CCBr)NC(=O)c1occc1C. The fraction of sp³-hybridized carbons (Fsp3) is 0.545. The number of carbonyl (C=O) groups excluding carboxylic acids is 1. The second-order valence-electron chi connectivity index (χ2n) is 3.54. The van der Waals surface area contributed by atoms with E-state index in [1.165, 1.54) is 6.26 Å². The molecule has 0 aliphatic carbocycles. The number of nitrogens with one attached hydrogen (secondary N) is 1. The van der Waals surface area contributed by atoms with Gasteiger partial charge in [-0.15, -0.1) is 0 Å². The van der Waals surface area contributed by atoms with Crippen molar-refractivity contribution in [2.45, 2.75) is 19.4 Å². The Morgan fingerprint density at radius 2 is 2.44 bits per heavy atom. The van der Waals surface area contributed by atoms with E-state index in [4.69, 9.17) is 9.15 Å². The van der Waals surface area contributed by atoms with Crippen molar-refractivity contribution in [3.05, 3.63) is 23.7 Å². The van der Waals surface area contributed by atoms with Gasteiger partial charge in [-0.25, -0.2) is 0 Å². The number of furan rings is 1. The van der Waals surface area contributed by atoms with E-state index in [0.717, 1.165) is 17.3 Å². The third-order valence-corrected chi connectivity index (χ3v) is 2.69. The number of ether oxygens (including phenoxy) is 1. The topological polar surface area (TPSA) is 51.5 Å². The number of hydrogen-bond acceptors (Lipinski definition) is 3. The first-order chi connectivity index (χ1) is 7.69. The Morgan fingerprint density at radius 1 is 1.69 bits per heavy atom. The summed E-state index contributed by atoms with van der Waals surface area (Å²) in [7, 11) is 1.62. The highest BCUT2D eigenvalue weighted by Crippen LogP contribution is 2.09. The molecule has 0 spiro atoms. The Kier molecular flexibility index (Phi) is 5.55. The predicted octanol–water partition coefficient (Wildman–Crippen LogP) is 2.12. The average molecular weight is 290 g/mol. The summed E-state index contributed by atoms with van der Waals surface area (Å²) < 4.78 is 10.2. The first-order valence-electron chi connectivity index (χ1n) is 5.09. The summed E-state index contributed by atoms with van der Waals surface area (Å²) >= 11 is 3.34. The van der Waals surface area contributed by atoms with E-state index in [1.54, 1.807) is 13.2 Å². The highest BCUT2D eigenvalue weighted by Gasteiger charge is 2.17. The van der Waals surface area contributed by atoms with Crippen molar-refractivity contribution in [3.8, 4) is 0 Å². The number of alkyl halides is 1. The van der Waals surface area contributed by atoms with Crippen LogP contribution in [0.25, 0.3) is 0 Å². The summed E-state index contributed by atoms with van der Waals surface area (Å²) in [6.45, 7) is 2.34. The monoisotopic (exact) mass is 289 g/mol. The van der Waals surface area contributed by atoms with Crippen molar-refractivity contribution in [1.29, 1.82) is 0 Å². The molecule has 0 aliphatic heterocycles. The van der Waals surface area contributed by atoms with Crippen molar-refractivity contribution in [3.63, 3.8) is 0 Å². The Bertz CT molecular complexity index is 332. The molecule has 1 unspecified atom stereocenters. The molecular formula is C11H16BrNO3. The Hall–Kier alpha value is -0.810. The van der Waals surface area contributed by atoms with Crippen molar-refractivity contribution in [2.24, 2.45) is 0 Å². The zero-order chi connectivity index (χ0) is 12.0.